The van der Waals surface area contributed by atoms with Gasteiger partial charge in [-0.05, 0) is 37.6 Å². The average molecular weight is 547 g/mol. The summed E-state index contributed by atoms with van der Waals surface area (Å²) in [5.41, 5.74) is 4.93. The SMILES string of the molecule is CCOC(=O)C1=C(C)N=c2s/c(=C/c3cn(-c4ccccc4)nc3-c3ccccc3)c(=O)n2[C@@H]1c1ccccc1. The Balaban J connectivity index is 1.56. The molecule has 198 valence electrons. The van der Waals surface area contributed by atoms with Crippen LogP contribution in [0.2, 0.25) is 0 Å². The predicted octanol–water partition coefficient (Wildman–Crippen LogP) is 4.65. The van der Waals surface area contributed by atoms with Gasteiger partial charge in [0.1, 0.15) is 0 Å². The van der Waals surface area contributed by atoms with Crippen LogP contribution < -0.4 is 14.9 Å². The highest BCUT2D eigenvalue weighted by Crippen LogP contribution is 2.30. The van der Waals surface area contributed by atoms with E-state index in [9.17, 15) is 9.59 Å². The van der Waals surface area contributed by atoms with E-state index in [1.54, 1.807) is 18.4 Å². The molecule has 0 fully saturated rings. The molecule has 0 aliphatic carbocycles. The van der Waals surface area contributed by atoms with Gasteiger partial charge in [0.25, 0.3) is 5.56 Å². The van der Waals surface area contributed by atoms with Crippen molar-refractivity contribution in [3.63, 3.8) is 0 Å². The van der Waals surface area contributed by atoms with Gasteiger partial charge in [0.05, 0.1) is 39.8 Å². The molecule has 3 aromatic carbocycles. The molecule has 6 rings (SSSR count). The number of benzene rings is 3. The topological polar surface area (TPSA) is 78.5 Å². The number of ether oxygens (including phenoxy) is 1. The van der Waals surface area contributed by atoms with Crippen LogP contribution in [0, 0.1) is 0 Å². The Morgan fingerprint density at radius 3 is 2.30 bits per heavy atom. The zero-order valence-electron chi connectivity index (χ0n) is 22.0. The zero-order valence-corrected chi connectivity index (χ0v) is 22.8. The number of fused-ring (bicyclic) bond motifs is 1. The maximum atomic E-state index is 14.0. The van der Waals surface area contributed by atoms with Gasteiger partial charge >= 0.3 is 5.97 Å². The molecule has 0 saturated heterocycles. The number of hydrogen-bond acceptors (Lipinski definition) is 6. The lowest BCUT2D eigenvalue weighted by Gasteiger charge is -2.24. The van der Waals surface area contributed by atoms with E-state index < -0.39 is 12.0 Å². The zero-order chi connectivity index (χ0) is 27.6. The molecule has 1 aliphatic rings. The number of nitrogens with zero attached hydrogens (tertiary/aromatic N) is 4. The van der Waals surface area contributed by atoms with Crippen LogP contribution in [0.1, 0.15) is 31.0 Å². The van der Waals surface area contributed by atoms with Gasteiger partial charge in [0, 0.05) is 17.3 Å². The van der Waals surface area contributed by atoms with Gasteiger partial charge in [-0.1, -0.05) is 90.2 Å². The van der Waals surface area contributed by atoms with E-state index in [1.165, 1.54) is 11.3 Å². The number of allylic oxidation sites excluding steroid dienone is 1. The normalized spacial score (nSPS) is 15.1. The molecule has 3 heterocycles. The molecule has 0 amide bonds. The van der Waals surface area contributed by atoms with Crippen molar-refractivity contribution in [2.75, 3.05) is 6.61 Å². The lowest BCUT2D eigenvalue weighted by Crippen LogP contribution is -2.39. The Kier molecular flexibility index (Phi) is 6.84. The molecule has 1 aliphatic heterocycles. The number of hydrogen-bond donors (Lipinski definition) is 0. The number of para-hydroxylation sites is 1. The molecule has 0 unspecified atom stereocenters. The first-order valence-electron chi connectivity index (χ1n) is 13.0. The molecule has 0 spiro atoms. The first-order chi connectivity index (χ1) is 19.5. The number of esters is 1. The van der Waals surface area contributed by atoms with Crippen molar-refractivity contribution in [2.24, 2.45) is 4.99 Å². The Hall–Kier alpha value is -4.82. The second kappa shape index (κ2) is 10.7. The van der Waals surface area contributed by atoms with Crippen molar-refractivity contribution >= 4 is 23.4 Å². The van der Waals surface area contributed by atoms with Gasteiger partial charge in [-0.25, -0.2) is 14.5 Å². The lowest BCUT2D eigenvalue weighted by molar-refractivity contribution is -0.139. The molecule has 2 aromatic heterocycles. The fraction of sp³-hybridized carbons (Fsp3) is 0.125. The third-order valence-electron chi connectivity index (χ3n) is 6.73. The standard InChI is InChI=1S/C32H26N4O3S/c1-3-39-31(38)27-21(2)33-32-36(29(27)23-15-9-5-10-16-23)30(37)26(40-32)19-24-20-35(25-17-11-6-12-18-25)34-28(24)22-13-7-4-8-14-22/h4-20,29H,3H2,1-2H3/b26-19+/t29-/m1/s1. The van der Waals surface area contributed by atoms with Crippen LogP contribution in [0.15, 0.2) is 118 Å². The Labute approximate surface area is 234 Å². The van der Waals surface area contributed by atoms with Crippen molar-refractivity contribution in [1.29, 1.82) is 0 Å². The Bertz CT molecular complexity index is 1900. The van der Waals surface area contributed by atoms with Crippen molar-refractivity contribution in [1.82, 2.24) is 14.3 Å². The molecular formula is C32H26N4O3S. The number of rotatable bonds is 6. The van der Waals surface area contributed by atoms with E-state index in [-0.39, 0.29) is 12.2 Å². The number of aromatic nitrogens is 3. The second-order valence-electron chi connectivity index (χ2n) is 9.29. The minimum absolute atomic E-state index is 0.224. The monoisotopic (exact) mass is 546 g/mol. The van der Waals surface area contributed by atoms with Crippen LogP contribution in [0.3, 0.4) is 0 Å². The molecule has 0 bridgehead atoms. The van der Waals surface area contributed by atoms with Gasteiger partial charge in [-0.15, -0.1) is 0 Å². The molecule has 40 heavy (non-hydrogen) atoms. The van der Waals surface area contributed by atoms with Crippen LogP contribution in [0.5, 0.6) is 0 Å². The second-order valence-corrected chi connectivity index (χ2v) is 10.3. The van der Waals surface area contributed by atoms with Gasteiger partial charge in [0.15, 0.2) is 4.80 Å². The fourth-order valence-electron chi connectivity index (χ4n) is 4.91. The van der Waals surface area contributed by atoms with Crippen molar-refractivity contribution in [3.8, 4) is 16.9 Å². The summed E-state index contributed by atoms with van der Waals surface area (Å²) in [7, 11) is 0. The number of carbonyl (C=O) groups is 1. The van der Waals surface area contributed by atoms with Crippen LogP contribution in [-0.4, -0.2) is 26.9 Å². The minimum atomic E-state index is -0.640. The average Bonchev–Trinajstić information content (AvgIpc) is 3.54. The van der Waals surface area contributed by atoms with Crippen molar-refractivity contribution < 1.29 is 9.53 Å². The highest BCUT2D eigenvalue weighted by atomic mass is 32.1. The molecule has 5 aromatic rings. The molecule has 1 atom stereocenters. The van der Waals surface area contributed by atoms with E-state index in [2.05, 4.69) is 4.99 Å². The highest BCUT2D eigenvalue weighted by Gasteiger charge is 2.33. The maximum absolute atomic E-state index is 14.0. The predicted molar refractivity (Wildman–Crippen MR) is 156 cm³/mol. The van der Waals surface area contributed by atoms with Gasteiger partial charge < -0.3 is 4.74 Å². The van der Waals surface area contributed by atoms with E-state index >= 15 is 0 Å². The van der Waals surface area contributed by atoms with Gasteiger partial charge in [-0.3, -0.25) is 9.36 Å². The number of thiazole rings is 1. The van der Waals surface area contributed by atoms with Crippen LogP contribution in [0.4, 0.5) is 0 Å². The summed E-state index contributed by atoms with van der Waals surface area (Å²) in [5, 5.41) is 4.88. The summed E-state index contributed by atoms with van der Waals surface area (Å²) >= 11 is 1.30. The molecule has 0 N–H and O–H groups in total. The van der Waals surface area contributed by atoms with E-state index in [0.717, 1.165) is 28.1 Å². The van der Waals surface area contributed by atoms with Crippen LogP contribution >= 0.6 is 11.3 Å². The van der Waals surface area contributed by atoms with E-state index in [4.69, 9.17) is 9.84 Å². The molecule has 0 saturated carbocycles. The fourth-order valence-corrected chi connectivity index (χ4v) is 5.95. The summed E-state index contributed by atoms with van der Waals surface area (Å²) in [5.74, 6) is -0.470. The maximum Gasteiger partial charge on any atom is 0.338 e. The lowest BCUT2D eigenvalue weighted by atomic mass is 9.96. The first-order valence-corrected chi connectivity index (χ1v) is 13.8. The third-order valence-corrected chi connectivity index (χ3v) is 7.71. The molecule has 0 radical (unpaired) electrons. The summed E-state index contributed by atoms with van der Waals surface area (Å²) in [6.07, 6.45) is 3.80. The van der Waals surface area contributed by atoms with Gasteiger partial charge in [0.2, 0.25) is 0 Å². The van der Waals surface area contributed by atoms with E-state index in [1.807, 2.05) is 108 Å². The van der Waals surface area contributed by atoms with Crippen molar-refractivity contribution in [2.45, 2.75) is 19.9 Å². The summed E-state index contributed by atoms with van der Waals surface area (Å²) in [4.78, 5) is 32.3. The van der Waals surface area contributed by atoms with E-state index in [0.29, 0.717) is 20.6 Å². The first kappa shape index (κ1) is 25.5. The molecule has 8 heteroatoms. The van der Waals surface area contributed by atoms with Crippen LogP contribution in [0.25, 0.3) is 23.0 Å². The third kappa shape index (κ3) is 4.63. The Morgan fingerprint density at radius 1 is 0.975 bits per heavy atom. The summed E-state index contributed by atoms with van der Waals surface area (Å²) < 4.78 is 9.31. The molecular weight excluding hydrogens is 520 g/mol. The number of carbonyl (C=O) groups excluding carboxylic acids is 1. The molecule has 7 nitrogen and oxygen atoms in total. The Morgan fingerprint density at radius 2 is 1.62 bits per heavy atom. The minimum Gasteiger partial charge on any atom is -0.463 e. The van der Waals surface area contributed by atoms with Gasteiger partial charge in [-0.2, -0.15) is 5.10 Å². The smallest absolute Gasteiger partial charge is 0.338 e. The summed E-state index contributed by atoms with van der Waals surface area (Å²) in [6.45, 7) is 3.78. The van der Waals surface area contributed by atoms with Crippen LogP contribution in [-0.2, 0) is 9.53 Å². The van der Waals surface area contributed by atoms with Crippen molar-refractivity contribution in [3.05, 3.63) is 139 Å². The summed E-state index contributed by atoms with van der Waals surface area (Å²) in [6, 6.07) is 28.6. The quantitative estimate of drug-likeness (QED) is 0.291. The highest BCUT2D eigenvalue weighted by molar-refractivity contribution is 7.07. The largest absolute Gasteiger partial charge is 0.463 e.